The molecule has 7 nitrogen and oxygen atoms in total. The fourth-order valence-electron chi connectivity index (χ4n) is 4.60. The number of rotatable bonds is 6. The zero-order valence-electron chi connectivity index (χ0n) is 18.4. The first-order valence-electron chi connectivity index (χ1n) is 11.5. The third-order valence-electron chi connectivity index (χ3n) is 6.36. The summed E-state index contributed by atoms with van der Waals surface area (Å²) >= 11 is 7.19. The van der Waals surface area contributed by atoms with Crippen molar-refractivity contribution in [3.8, 4) is 0 Å². The van der Waals surface area contributed by atoms with Gasteiger partial charge in [-0.25, -0.2) is 0 Å². The van der Waals surface area contributed by atoms with Crippen LogP contribution in [0, 0.1) is 5.41 Å². The number of amidine groups is 1. The molecular formula is C24H28ClN5O2S. The Kier molecular flexibility index (Phi) is 6.57. The maximum atomic E-state index is 12.3. The number of likely N-dealkylation sites (tertiary alicyclic amines) is 1. The maximum absolute atomic E-state index is 12.3. The van der Waals surface area contributed by atoms with Crippen LogP contribution in [0.2, 0.25) is 4.34 Å². The van der Waals surface area contributed by atoms with E-state index in [2.05, 4.69) is 32.7 Å². The summed E-state index contributed by atoms with van der Waals surface area (Å²) in [4.78, 5) is 23.2. The predicted molar refractivity (Wildman–Crippen MR) is 133 cm³/mol. The van der Waals surface area contributed by atoms with Crippen LogP contribution in [0.15, 0.2) is 36.4 Å². The number of thiophene rings is 1. The first kappa shape index (κ1) is 22.3. The Morgan fingerprint density at radius 2 is 1.91 bits per heavy atom. The number of nitrogens with zero attached hydrogens (tertiary/aromatic N) is 2. The Morgan fingerprint density at radius 3 is 2.64 bits per heavy atom. The van der Waals surface area contributed by atoms with Crippen molar-refractivity contribution >= 4 is 46.1 Å². The molecule has 3 aliphatic rings. The Balaban J connectivity index is 1.33. The van der Waals surface area contributed by atoms with Crippen LogP contribution < -0.4 is 15.7 Å². The number of nitrogens with one attached hydrogen (secondary N) is 3. The smallest absolute Gasteiger partial charge is 0.261 e. The van der Waals surface area contributed by atoms with E-state index < -0.39 is 0 Å². The monoisotopic (exact) mass is 485 g/mol. The van der Waals surface area contributed by atoms with Crippen LogP contribution in [0.3, 0.4) is 0 Å². The highest BCUT2D eigenvalue weighted by Crippen LogP contribution is 2.32. The Hall–Kier alpha value is -2.55. The molecule has 3 N–H and O–H groups in total. The van der Waals surface area contributed by atoms with Crippen LogP contribution in [0.1, 0.15) is 46.5 Å². The maximum Gasteiger partial charge on any atom is 0.261 e. The van der Waals surface area contributed by atoms with Gasteiger partial charge in [0.2, 0.25) is 0 Å². The van der Waals surface area contributed by atoms with Crippen molar-refractivity contribution in [1.82, 2.24) is 15.7 Å². The number of benzene rings is 1. The molecule has 1 unspecified atom stereocenters. The van der Waals surface area contributed by atoms with Gasteiger partial charge in [0.25, 0.3) is 5.91 Å². The van der Waals surface area contributed by atoms with E-state index in [-0.39, 0.29) is 12.0 Å². The summed E-state index contributed by atoms with van der Waals surface area (Å²) in [6.45, 7) is 4.33. The minimum atomic E-state index is -0.270. The van der Waals surface area contributed by atoms with Crippen LogP contribution in [0.25, 0.3) is 5.70 Å². The number of carbonyl (C=O) groups is 1. The zero-order chi connectivity index (χ0) is 22.8. The molecule has 5 rings (SSSR count). The molecular weight excluding hydrogens is 458 g/mol. The third kappa shape index (κ3) is 4.88. The molecule has 1 aromatic carbocycles. The normalized spacial score (nSPS) is 20.2. The number of halogens is 1. The van der Waals surface area contributed by atoms with Crippen LogP contribution in [0.5, 0.6) is 0 Å². The minimum absolute atomic E-state index is 0.153. The van der Waals surface area contributed by atoms with Crippen molar-refractivity contribution < 1.29 is 9.63 Å². The van der Waals surface area contributed by atoms with Gasteiger partial charge in [-0.1, -0.05) is 23.7 Å². The summed E-state index contributed by atoms with van der Waals surface area (Å²) in [5, 5.41) is 11.6. The van der Waals surface area contributed by atoms with Crippen molar-refractivity contribution in [2.75, 3.05) is 37.6 Å². The average molecular weight is 486 g/mol. The molecule has 1 amide bonds. The zero-order valence-corrected chi connectivity index (χ0v) is 20.0. The summed E-state index contributed by atoms with van der Waals surface area (Å²) in [7, 11) is 0. The molecule has 2 fully saturated rings. The Labute approximate surface area is 202 Å². The molecule has 0 bridgehead atoms. The Morgan fingerprint density at radius 1 is 1.15 bits per heavy atom. The summed E-state index contributed by atoms with van der Waals surface area (Å²) in [5.41, 5.74) is 7.11. The number of hydrogen-bond donors (Lipinski definition) is 3. The quantitative estimate of drug-likeness (QED) is 0.424. The molecule has 9 heteroatoms. The fourth-order valence-corrected chi connectivity index (χ4v) is 5.56. The average Bonchev–Trinajstić information content (AvgIpc) is 3.63. The van der Waals surface area contributed by atoms with Crippen LogP contribution in [0.4, 0.5) is 5.69 Å². The van der Waals surface area contributed by atoms with E-state index in [1.807, 2.05) is 12.1 Å². The number of hydroxylamine groups is 1. The summed E-state index contributed by atoms with van der Waals surface area (Å²) in [6.07, 6.45) is 6.42. The number of carbonyl (C=O) groups excluding carboxylic acids is 1. The molecule has 0 aliphatic carbocycles. The molecule has 33 heavy (non-hydrogen) atoms. The lowest BCUT2D eigenvalue weighted by molar-refractivity contribution is 0.0499. The lowest BCUT2D eigenvalue weighted by Gasteiger charge is -2.25. The van der Waals surface area contributed by atoms with E-state index in [1.165, 1.54) is 24.2 Å². The second-order valence-corrected chi connectivity index (χ2v) is 10.3. The first-order valence-corrected chi connectivity index (χ1v) is 12.7. The summed E-state index contributed by atoms with van der Waals surface area (Å²) in [5.74, 6) is 0.457. The first-order chi connectivity index (χ1) is 16.1. The molecule has 174 valence electrons. The van der Waals surface area contributed by atoms with Gasteiger partial charge in [-0.2, -0.15) is 0 Å². The van der Waals surface area contributed by atoms with Gasteiger partial charge in [-0.05, 0) is 50.0 Å². The number of amides is 1. The summed E-state index contributed by atoms with van der Waals surface area (Å²) in [6, 6.07) is 9.72. The highest BCUT2D eigenvalue weighted by molar-refractivity contribution is 7.18. The standard InChI is InChI=1S/C24H28ClN5O2S/c25-22-8-7-21(33-22)24(31)27-15-17-14-19(28-32-17)18-6-5-16(23(26)30-11-3-4-12-30)13-20(18)29-9-1-2-10-29/h5-8,13-14,17,26,28H,1-4,9-12,15H2,(H,27,31). The molecule has 1 aromatic heterocycles. The number of anilines is 1. The molecule has 2 aromatic rings. The van der Waals surface area contributed by atoms with E-state index in [1.54, 1.807) is 12.1 Å². The highest BCUT2D eigenvalue weighted by atomic mass is 35.5. The SMILES string of the molecule is N=C(c1ccc(C2=CC(CNC(=O)c3ccc(Cl)s3)ON2)c(N2CCCC2)c1)N1CCCC1. The van der Waals surface area contributed by atoms with E-state index >= 15 is 0 Å². The molecule has 1 atom stereocenters. The molecule has 0 saturated carbocycles. The number of hydrogen-bond acceptors (Lipinski definition) is 6. The van der Waals surface area contributed by atoms with E-state index in [0.29, 0.717) is 21.6 Å². The fraction of sp³-hybridized carbons (Fsp3) is 0.417. The molecule has 0 spiro atoms. The molecule has 0 radical (unpaired) electrons. The van der Waals surface area contributed by atoms with Gasteiger partial charge in [0.15, 0.2) is 0 Å². The van der Waals surface area contributed by atoms with E-state index in [4.69, 9.17) is 21.8 Å². The van der Waals surface area contributed by atoms with Crippen molar-refractivity contribution in [1.29, 1.82) is 5.41 Å². The van der Waals surface area contributed by atoms with Gasteiger partial charge in [0, 0.05) is 43.0 Å². The van der Waals surface area contributed by atoms with E-state index in [9.17, 15) is 4.79 Å². The third-order valence-corrected chi connectivity index (χ3v) is 7.59. The lowest BCUT2D eigenvalue weighted by atomic mass is 10.0. The summed E-state index contributed by atoms with van der Waals surface area (Å²) < 4.78 is 0.594. The lowest BCUT2D eigenvalue weighted by Crippen LogP contribution is -2.32. The van der Waals surface area contributed by atoms with Crippen LogP contribution in [-0.2, 0) is 4.84 Å². The van der Waals surface area contributed by atoms with Gasteiger partial charge in [0.1, 0.15) is 11.9 Å². The largest absolute Gasteiger partial charge is 0.371 e. The van der Waals surface area contributed by atoms with Crippen LogP contribution >= 0.6 is 22.9 Å². The molecule has 2 saturated heterocycles. The van der Waals surface area contributed by atoms with Gasteiger partial charge in [-0.15, -0.1) is 11.3 Å². The van der Waals surface area contributed by atoms with Gasteiger partial charge in [0.05, 0.1) is 21.5 Å². The second-order valence-electron chi connectivity index (χ2n) is 8.62. The van der Waals surface area contributed by atoms with Gasteiger partial charge < -0.3 is 15.1 Å². The second kappa shape index (κ2) is 9.75. The van der Waals surface area contributed by atoms with Crippen molar-refractivity contribution in [3.05, 3.63) is 56.7 Å². The minimum Gasteiger partial charge on any atom is -0.371 e. The topological polar surface area (TPSA) is 80.7 Å². The van der Waals surface area contributed by atoms with Gasteiger partial charge >= 0.3 is 0 Å². The predicted octanol–water partition coefficient (Wildman–Crippen LogP) is 4.10. The molecule has 3 aliphatic heterocycles. The van der Waals surface area contributed by atoms with E-state index in [0.717, 1.165) is 61.5 Å². The van der Waals surface area contributed by atoms with Gasteiger partial charge in [-0.3, -0.25) is 20.5 Å². The Bertz CT molecular complexity index is 1070. The highest BCUT2D eigenvalue weighted by Gasteiger charge is 2.25. The van der Waals surface area contributed by atoms with Crippen molar-refractivity contribution in [2.24, 2.45) is 0 Å². The van der Waals surface area contributed by atoms with Crippen LogP contribution in [-0.4, -0.2) is 55.5 Å². The van der Waals surface area contributed by atoms with Crippen molar-refractivity contribution in [2.45, 2.75) is 31.8 Å². The molecule has 4 heterocycles. The van der Waals surface area contributed by atoms with Crippen molar-refractivity contribution in [3.63, 3.8) is 0 Å².